The van der Waals surface area contributed by atoms with Gasteiger partial charge in [0.15, 0.2) is 0 Å². The second-order valence-corrected chi connectivity index (χ2v) is 11.2. The van der Waals surface area contributed by atoms with Gasteiger partial charge in [0.05, 0.1) is 5.69 Å². The van der Waals surface area contributed by atoms with E-state index in [1.54, 1.807) is 30.3 Å². The molecule has 1 fully saturated rings. The molecular formula is C23H25F3N2O2S2. The van der Waals surface area contributed by atoms with E-state index in [0.29, 0.717) is 18.4 Å². The first-order valence-corrected chi connectivity index (χ1v) is 12.9. The predicted molar refractivity (Wildman–Crippen MR) is 122 cm³/mol. The van der Waals surface area contributed by atoms with Crippen molar-refractivity contribution >= 4 is 37.1 Å². The van der Waals surface area contributed by atoms with Crippen molar-refractivity contribution in [2.24, 2.45) is 5.92 Å². The first-order valence-electron chi connectivity index (χ1n) is 10.6. The molecule has 2 aromatic carbocycles. The van der Waals surface area contributed by atoms with Crippen molar-refractivity contribution in [3.63, 3.8) is 0 Å². The summed E-state index contributed by atoms with van der Waals surface area (Å²) in [6.07, 6.45) is -0.652. The molecule has 0 spiro atoms. The minimum atomic E-state index is -4.35. The number of hydrogen-bond donors (Lipinski definition) is 2. The Balaban J connectivity index is 1.53. The fourth-order valence-electron chi connectivity index (χ4n) is 4.30. The summed E-state index contributed by atoms with van der Waals surface area (Å²) in [7, 11) is -3.87. The first kappa shape index (κ1) is 23.1. The molecule has 1 aromatic heterocycles. The van der Waals surface area contributed by atoms with Crippen LogP contribution in [0.4, 0.5) is 18.9 Å². The molecule has 0 saturated heterocycles. The lowest BCUT2D eigenvalue weighted by molar-refractivity contribution is -0.170. The predicted octanol–water partition coefficient (Wildman–Crippen LogP) is 6.30. The molecule has 172 valence electrons. The third-order valence-electron chi connectivity index (χ3n) is 5.92. The summed E-state index contributed by atoms with van der Waals surface area (Å²) in [5, 5.41) is 3.50. The van der Waals surface area contributed by atoms with Crippen molar-refractivity contribution in [1.29, 1.82) is 0 Å². The number of fused-ring (bicyclic) bond motifs is 1. The number of rotatable bonds is 7. The van der Waals surface area contributed by atoms with Crippen LogP contribution < -0.4 is 10.0 Å². The average Bonchev–Trinajstić information content (AvgIpc) is 3.20. The summed E-state index contributed by atoms with van der Waals surface area (Å²) in [5.74, 6) is -0.453. The van der Waals surface area contributed by atoms with Crippen molar-refractivity contribution < 1.29 is 21.6 Å². The quantitative estimate of drug-likeness (QED) is 0.415. The third kappa shape index (κ3) is 5.27. The minimum absolute atomic E-state index is 0.0776. The van der Waals surface area contributed by atoms with Crippen molar-refractivity contribution in [3.05, 3.63) is 60.2 Å². The maximum atomic E-state index is 13.7. The van der Waals surface area contributed by atoms with Gasteiger partial charge in [0, 0.05) is 11.2 Å². The number of thiophene rings is 1. The maximum absolute atomic E-state index is 13.7. The molecule has 0 amide bonds. The number of benzene rings is 2. The van der Waals surface area contributed by atoms with Crippen LogP contribution >= 0.6 is 11.3 Å². The molecule has 1 saturated carbocycles. The van der Waals surface area contributed by atoms with E-state index in [2.05, 4.69) is 10.0 Å². The van der Waals surface area contributed by atoms with Gasteiger partial charge in [0.25, 0.3) is 10.0 Å². The largest absolute Gasteiger partial charge is 0.404 e. The Hall–Kier alpha value is -2.10. The van der Waals surface area contributed by atoms with Crippen LogP contribution in [0.2, 0.25) is 0 Å². The summed E-state index contributed by atoms with van der Waals surface area (Å²) < 4.78 is 70.7. The van der Waals surface area contributed by atoms with E-state index in [1.165, 1.54) is 0 Å². The van der Waals surface area contributed by atoms with Crippen LogP contribution in [0.25, 0.3) is 10.1 Å². The van der Waals surface area contributed by atoms with E-state index in [-0.39, 0.29) is 16.4 Å². The van der Waals surface area contributed by atoms with Crippen LogP contribution in [-0.4, -0.2) is 20.6 Å². The fourth-order valence-corrected chi connectivity index (χ4v) is 6.79. The molecule has 9 heteroatoms. The smallest absolute Gasteiger partial charge is 0.302 e. The third-order valence-corrected chi connectivity index (χ3v) is 8.87. The first-order chi connectivity index (χ1) is 15.2. The van der Waals surface area contributed by atoms with Crippen LogP contribution in [0.1, 0.15) is 37.7 Å². The van der Waals surface area contributed by atoms with Gasteiger partial charge in [-0.2, -0.15) is 13.2 Å². The highest BCUT2D eigenvalue weighted by molar-refractivity contribution is 7.94. The monoisotopic (exact) mass is 482 g/mol. The van der Waals surface area contributed by atoms with Crippen LogP contribution in [0.3, 0.4) is 0 Å². The Bertz CT molecular complexity index is 1140. The summed E-state index contributed by atoms with van der Waals surface area (Å²) in [6, 6.07) is 13.9. The fraction of sp³-hybridized carbons (Fsp3) is 0.391. The van der Waals surface area contributed by atoms with Crippen molar-refractivity contribution in [2.75, 3.05) is 4.72 Å². The van der Waals surface area contributed by atoms with E-state index in [4.69, 9.17) is 0 Å². The second-order valence-electron chi connectivity index (χ2n) is 8.16. The van der Waals surface area contributed by atoms with Crippen molar-refractivity contribution in [1.82, 2.24) is 5.32 Å². The molecule has 1 aliphatic rings. The van der Waals surface area contributed by atoms with Crippen LogP contribution in [0, 0.1) is 5.92 Å². The van der Waals surface area contributed by atoms with Gasteiger partial charge in [-0.1, -0.05) is 55.7 Å². The molecule has 2 N–H and O–H groups in total. The van der Waals surface area contributed by atoms with E-state index in [0.717, 1.165) is 40.7 Å². The van der Waals surface area contributed by atoms with E-state index in [9.17, 15) is 21.6 Å². The second kappa shape index (κ2) is 9.41. The van der Waals surface area contributed by atoms with Gasteiger partial charge in [-0.3, -0.25) is 4.72 Å². The van der Waals surface area contributed by atoms with Crippen LogP contribution in [-0.2, 0) is 16.6 Å². The standard InChI is InChI=1S/C23H25F3N2O2S2/c24-23(25,26)22(16-8-2-1-3-9-16)27-15-18-11-4-6-12-19(18)28-32(29,30)21-14-17-10-5-7-13-20(17)31-21/h4-7,10-14,16,22,27-28H,1-3,8-9,15H2. The Morgan fingerprint density at radius 3 is 2.41 bits per heavy atom. The SMILES string of the molecule is O=S(=O)(Nc1ccccc1CNC(C1CCCCC1)C(F)(F)F)c1cc2ccccc2s1. The molecular weight excluding hydrogens is 457 g/mol. The number of nitrogens with one attached hydrogen (secondary N) is 2. The Morgan fingerprint density at radius 2 is 1.69 bits per heavy atom. The van der Waals surface area contributed by atoms with Gasteiger partial charge in [-0.25, -0.2) is 8.42 Å². The number of alkyl halides is 3. The Kier molecular flexibility index (Phi) is 6.78. The van der Waals surface area contributed by atoms with Gasteiger partial charge < -0.3 is 5.32 Å². The van der Waals surface area contributed by atoms with E-state index in [1.807, 2.05) is 24.3 Å². The number of halogens is 3. The summed E-state index contributed by atoms with van der Waals surface area (Å²) >= 11 is 1.15. The highest BCUT2D eigenvalue weighted by Gasteiger charge is 2.44. The number of para-hydroxylation sites is 1. The zero-order chi connectivity index (χ0) is 22.8. The molecule has 1 unspecified atom stereocenters. The van der Waals surface area contributed by atoms with Gasteiger partial charge in [-0.05, 0) is 47.9 Å². The zero-order valence-corrected chi connectivity index (χ0v) is 19.0. The molecule has 1 heterocycles. The molecule has 0 radical (unpaired) electrons. The lowest BCUT2D eigenvalue weighted by Crippen LogP contribution is -2.48. The molecule has 32 heavy (non-hydrogen) atoms. The number of anilines is 1. The zero-order valence-electron chi connectivity index (χ0n) is 17.4. The average molecular weight is 483 g/mol. The van der Waals surface area contributed by atoms with Crippen LogP contribution in [0.5, 0.6) is 0 Å². The molecule has 1 atom stereocenters. The van der Waals surface area contributed by atoms with Crippen LogP contribution in [0.15, 0.2) is 58.8 Å². The van der Waals surface area contributed by atoms with Gasteiger partial charge >= 0.3 is 6.18 Å². The summed E-state index contributed by atoms with van der Waals surface area (Å²) in [5.41, 5.74) is 0.754. The maximum Gasteiger partial charge on any atom is 0.404 e. The molecule has 0 bridgehead atoms. The lowest BCUT2D eigenvalue weighted by Gasteiger charge is -2.32. The summed E-state index contributed by atoms with van der Waals surface area (Å²) in [4.78, 5) is 0. The van der Waals surface area contributed by atoms with E-state index >= 15 is 0 Å². The molecule has 3 aromatic rings. The highest BCUT2D eigenvalue weighted by atomic mass is 32.2. The van der Waals surface area contributed by atoms with Crippen molar-refractivity contribution in [3.8, 4) is 0 Å². The van der Waals surface area contributed by atoms with Gasteiger partial charge in [0.2, 0.25) is 0 Å². The Morgan fingerprint density at radius 1 is 1.00 bits per heavy atom. The normalized spacial score (nSPS) is 16.8. The molecule has 0 aliphatic heterocycles. The topological polar surface area (TPSA) is 58.2 Å². The van der Waals surface area contributed by atoms with Gasteiger partial charge in [0.1, 0.15) is 10.3 Å². The van der Waals surface area contributed by atoms with Gasteiger partial charge in [-0.15, -0.1) is 11.3 Å². The molecule has 4 nitrogen and oxygen atoms in total. The lowest BCUT2D eigenvalue weighted by atomic mass is 9.83. The number of hydrogen-bond acceptors (Lipinski definition) is 4. The summed E-state index contributed by atoms with van der Waals surface area (Å²) in [6.45, 7) is -0.0776. The highest BCUT2D eigenvalue weighted by Crippen LogP contribution is 2.35. The number of sulfonamides is 1. The molecule has 4 rings (SSSR count). The van der Waals surface area contributed by atoms with Crippen molar-refractivity contribution in [2.45, 2.75) is 55.1 Å². The Labute approximate surface area is 189 Å². The molecule has 1 aliphatic carbocycles. The minimum Gasteiger partial charge on any atom is -0.302 e. The van der Waals surface area contributed by atoms with E-state index < -0.39 is 28.2 Å².